The number of nitro groups is 1. The summed E-state index contributed by atoms with van der Waals surface area (Å²) in [7, 11) is 0. The van der Waals surface area contributed by atoms with Gasteiger partial charge in [0.1, 0.15) is 5.69 Å². The number of anilines is 1. The van der Waals surface area contributed by atoms with Crippen LogP contribution in [0, 0.1) is 15.5 Å². The second-order valence-corrected chi connectivity index (χ2v) is 6.11. The standard InChI is InChI=1S/C15H22N4O3/c1-15(2,11-16)14(20)18-9-7-17(8-10-18)12-5-3-4-6-13(12)19(21)22/h3-6H,7-11,16H2,1-2H3. The number of benzene rings is 1. The highest BCUT2D eigenvalue weighted by Gasteiger charge is 2.33. The molecule has 0 radical (unpaired) electrons. The summed E-state index contributed by atoms with van der Waals surface area (Å²) in [6.45, 7) is 6.24. The van der Waals surface area contributed by atoms with Crippen LogP contribution >= 0.6 is 0 Å². The minimum Gasteiger partial charge on any atom is -0.362 e. The smallest absolute Gasteiger partial charge is 0.292 e. The maximum absolute atomic E-state index is 12.4. The molecule has 0 aliphatic carbocycles. The fraction of sp³-hybridized carbons (Fsp3) is 0.533. The van der Waals surface area contributed by atoms with Crippen LogP contribution in [0.1, 0.15) is 13.8 Å². The van der Waals surface area contributed by atoms with Gasteiger partial charge in [0, 0.05) is 38.8 Å². The summed E-state index contributed by atoms with van der Waals surface area (Å²) < 4.78 is 0. The van der Waals surface area contributed by atoms with Crippen molar-refractivity contribution < 1.29 is 9.72 Å². The maximum atomic E-state index is 12.4. The molecule has 0 unspecified atom stereocenters. The lowest BCUT2D eigenvalue weighted by Crippen LogP contribution is -2.53. The zero-order valence-corrected chi connectivity index (χ0v) is 13.0. The number of carbonyl (C=O) groups excluding carboxylic acids is 1. The largest absolute Gasteiger partial charge is 0.362 e. The van der Waals surface area contributed by atoms with Crippen molar-refractivity contribution in [3.8, 4) is 0 Å². The van der Waals surface area contributed by atoms with E-state index in [0.717, 1.165) is 0 Å². The van der Waals surface area contributed by atoms with Crippen LogP contribution in [0.4, 0.5) is 11.4 Å². The Morgan fingerprint density at radius 1 is 1.27 bits per heavy atom. The van der Waals surface area contributed by atoms with Crippen LogP contribution < -0.4 is 10.6 Å². The summed E-state index contributed by atoms with van der Waals surface area (Å²) in [5, 5.41) is 11.1. The average molecular weight is 306 g/mol. The van der Waals surface area contributed by atoms with Gasteiger partial charge in [0.25, 0.3) is 5.69 Å². The third kappa shape index (κ3) is 3.19. The Kier molecular flexibility index (Phi) is 4.65. The normalized spacial score (nSPS) is 15.8. The van der Waals surface area contributed by atoms with Gasteiger partial charge in [-0.1, -0.05) is 12.1 Å². The van der Waals surface area contributed by atoms with E-state index in [0.29, 0.717) is 38.4 Å². The predicted octanol–water partition coefficient (Wildman–Crippen LogP) is 1.23. The van der Waals surface area contributed by atoms with E-state index in [-0.39, 0.29) is 16.5 Å². The Morgan fingerprint density at radius 2 is 1.86 bits per heavy atom. The second kappa shape index (κ2) is 6.31. The number of nitrogens with two attached hydrogens (primary N) is 1. The van der Waals surface area contributed by atoms with Gasteiger partial charge in [-0.2, -0.15) is 0 Å². The van der Waals surface area contributed by atoms with Crippen molar-refractivity contribution in [1.29, 1.82) is 0 Å². The molecule has 120 valence electrons. The molecule has 0 bridgehead atoms. The number of hydrogen-bond donors (Lipinski definition) is 1. The summed E-state index contributed by atoms with van der Waals surface area (Å²) in [4.78, 5) is 26.9. The van der Waals surface area contributed by atoms with Crippen LogP contribution in [0.15, 0.2) is 24.3 Å². The molecule has 1 amide bonds. The molecule has 0 saturated carbocycles. The first-order chi connectivity index (χ1) is 10.4. The van der Waals surface area contributed by atoms with Gasteiger partial charge in [-0.05, 0) is 19.9 Å². The molecule has 7 nitrogen and oxygen atoms in total. The Bertz CT molecular complexity index is 566. The average Bonchev–Trinajstić information content (AvgIpc) is 2.54. The fourth-order valence-corrected chi connectivity index (χ4v) is 2.55. The molecule has 0 atom stereocenters. The first-order valence-electron chi connectivity index (χ1n) is 7.34. The molecule has 0 spiro atoms. The van der Waals surface area contributed by atoms with E-state index < -0.39 is 5.41 Å². The molecular weight excluding hydrogens is 284 g/mol. The molecule has 0 aromatic heterocycles. The van der Waals surface area contributed by atoms with Gasteiger partial charge < -0.3 is 15.5 Å². The Hall–Kier alpha value is -2.15. The highest BCUT2D eigenvalue weighted by Crippen LogP contribution is 2.29. The lowest BCUT2D eigenvalue weighted by Gasteiger charge is -2.39. The molecule has 1 aromatic rings. The second-order valence-electron chi connectivity index (χ2n) is 6.11. The fourth-order valence-electron chi connectivity index (χ4n) is 2.55. The molecular formula is C15H22N4O3. The molecule has 2 N–H and O–H groups in total. The Morgan fingerprint density at radius 3 is 2.41 bits per heavy atom. The minimum atomic E-state index is -0.569. The molecule has 1 aromatic carbocycles. The number of rotatable bonds is 4. The van der Waals surface area contributed by atoms with Gasteiger partial charge >= 0.3 is 0 Å². The van der Waals surface area contributed by atoms with Crippen LogP contribution in [0.2, 0.25) is 0 Å². The number of para-hydroxylation sites is 2. The summed E-state index contributed by atoms with van der Waals surface area (Å²) in [5.41, 5.74) is 5.79. The third-order valence-electron chi connectivity index (χ3n) is 4.08. The van der Waals surface area contributed by atoms with Gasteiger partial charge in [0.15, 0.2) is 0 Å². The Balaban J connectivity index is 2.07. The molecule has 1 saturated heterocycles. The monoisotopic (exact) mass is 306 g/mol. The van der Waals surface area contributed by atoms with Gasteiger partial charge in [-0.3, -0.25) is 14.9 Å². The first-order valence-corrected chi connectivity index (χ1v) is 7.34. The van der Waals surface area contributed by atoms with E-state index in [1.54, 1.807) is 23.1 Å². The molecule has 1 aliphatic heterocycles. The number of piperazine rings is 1. The summed E-state index contributed by atoms with van der Waals surface area (Å²) in [6, 6.07) is 6.70. The van der Waals surface area contributed by atoms with E-state index in [4.69, 9.17) is 5.73 Å². The van der Waals surface area contributed by atoms with Crippen molar-refractivity contribution in [3.05, 3.63) is 34.4 Å². The lowest BCUT2D eigenvalue weighted by atomic mass is 9.91. The van der Waals surface area contributed by atoms with Crippen molar-refractivity contribution >= 4 is 17.3 Å². The minimum absolute atomic E-state index is 0.0391. The van der Waals surface area contributed by atoms with E-state index in [9.17, 15) is 14.9 Å². The predicted molar refractivity (Wildman–Crippen MR) is 84.7 cm³/mol. The number of hydrogen-bond acceptors (Lipinski definition) is 5. The quantitative estimate of drug-likeness (QED) is 0.667. The number of amides is 1. The molecule has 22 heavy (non-hydrogen) atoms. The first kappa shape index (κ1) is 16.2. The van der Waals surface area contributed by atoms with Crippen molar-refractivity contribution in [2.75, 3.05) is 37.6 Å². The van der Waals surface area contributed by atoms with Crippen molar-refractivity contribution in [1.82, 2.24) is 4.90 Å². The third-order valence-corrected chi connectivity index (χ3v) is 4.08. The van der Waals surface area contributed by atoms with Gasteiger partial charge in [-0.25, -0.2) is 0 Å². The molecule has 7 heteroatoms. The van der Waals surface area contributed by atoms with Gasteiger partial charge in [0.2, 0.25) is 5.91 Å². The Labute approximate surface area is 129 Å². The van der Waals surface area contributed by atoms with E-state index >= 15 is 0 Å². The molecule has 1 heterocycles. The SMILES string of the molecule is CC(C)(CN)C(=O)N1CCN(c2ccccc2[N+](=O)[O-])CC1. The van der Waals surface area contributed by atoms with Crippen LogP contribution in [-0.2, 0) is 4.79 Å². The van der Waals surface area contributed by atoms with Gasteiger partial charge in [0.05, 0.1) is 10.3 Å². The molecule has 1 aliphatic rings. The lowest BCUT2D eigenvalue weighted by molar-refractivity contribution is -0.384. The van der Waals surface area contributed by atoms with E-state index in [1.807, 2.05) is 18.7 Å². The zero-order chi connectivity index (χ0) is 16.3. The van der Waals surface area contributed by atoms with Gasteiger partial charge in [-0.15, -0.1) is 0 Å². The van der Waals surface area contributed by atoms with Crippen LogP contribution in [-0.4, -0.2) is 48.5 Å². The van der Waals surface area contributed by atoms with E-state index in [2.05, 4.69) is 0 Å². The van der Waals surface area contributed by atoms with Crippen molar-refractivity contribution in [3.63, 3.8) is 0 Å². The maximum Gasteiger partial charge on any atom is 0.292 e. The van der Waals surface area contributed by atoms with Crippen LogP contribution in [0.3, 0.4) is 0 Å². The summed E-state index contributed by atoms with van der Waals surface area (Å²) in [5.74, 6) is 0.0391. The van der Waals surface area contributed by atoms with Crippen molar-refractivity contribution in [2.45, 2.75) is 13.8 Å². The number of carbonyl (C=O) groups is 1. The number of nitro benzene ring substituents is 1. The highest BCUT2D eigenvalue weighted by molar-refractivity contribution is 5.82. The van der Waals surface area contributed by atoms with Crippen LogP contribution in [0.25, 0.3) is 0 Å². The summed E-state index contributed by atoms with van der Waals surface area (Å²) in [6.07, 6.45) is 0. The van der Waals surface area contributed by atoms with Crippen LogP contribution in [0.5, 0.6) is 0 Å². The topological polar surface area (TPSA) is 92.7 Å². The number of nitrogens with zero attached hydrogens (tertiary/aromatic N) is 3. The zero-order valence-electron chi connectivity index (χ0n) is 13.0. The van der Waals surface area contributed by atoms with Crippen molar-refractivity contribution in [2.24, 2.45) is 11.1 Å². The van der Waals surface area contributed by atoms with E-state index in [1.165, 1.54) is 6.07 Å². The highest BCUT2D eigenvalue weighted by atomic mass is 16.6. The molecule has 1 fully saturated rings. The summed E-state index contributed by atoms with van der Waals surface area (Å²) >= 11 is 0. The molecule has 2 rings (SSSR count).